The van der Waals surface area contributed by atoms with E-state index >= 15 is 0 Å². The fourth-order valence-corrected chi connectivity index (χ4v) is 1.97. The highest BCUT2D eigenvalue weighted by Crippen LogP contribution is 2.12. The van der Waals surface area contributed by atoms with E-state index in [9.17, 15) is 4.79 Å². The van der Waals surface area contributed by atoms with Gasteiger partial charge in [0.1, 0.15) is 5.75 Å². The maximum absolute atomic E-state index is 11.9. The molecule has 0 atom stereocenters. The largest absolute Gasteiger partial charge is 0.484 e. The summed E-state index contributed by atoms with van der Waals surface area (Å²) in [6, 6.07) is 7.69. The average molecular weight is 264 g/mol. The highest BCUT2D eigenvalue weighted by atomic mass is 16.5. The number of carbonyl (C=O) groups is 1. The third-order valence-electron chi connectivity index (χ3n) is 3.08. The van der Waals surface area contributed by atoms with Crippen molar-refractivity contribution in [3.05, 3.63) is 29.8 Å². The fraction of sp³-hybridized carbons (Fsp3) is 0.500. The van der Waals surface area contributed by atoms with E-state index in [1.807, 2.05) is 24.3 Å². The lowest BCUT2D eigenvalue weighted by Gasteiger charge is -2.26. The van der Waals surface area contributed by atoms with Gasteiger partial charge in [-0.05, 0) is 30.7 Å². The van der Waals surface area contributed by atoms with Gasteiger partial charge in [-0.3, -0.25) is 4.79 Å². The van der Waals surface area contributed by atoms with Crippen LogP contribution in [0.25, 0.3) is 0 Å². The van der Waals surface area contributed by atoms with Gasteiger partial charge >= 0.3 is 0 Å². The van der Waals surface area contributed by atoms with Crippen LogP contribution in [0, 0.1) is 0 Å². The van der Waals surface area contributed by atoms with Crippen molar-refractivity contribution in [2.45, 2.75) is 6.42 Å². The second-order valence-electron chi connectivity index (χ2n) is 4.46. The van der Waals surface area contributed by atoms with Crippen LogP contribution in [-0.2, 0) is 16.0 Å². The molecule has 1 aromatic rings. The maximum atomic E-state index is 11.9. The summed E-state index contributed by atoms with van der Waals surface area (Å²) in [6.07, 6.45) is 0.854. The Labute approximate surface area is 113 Å². The topological polar surface area (TPSA) is 64.8 Å². The molecule has 0 aliphatic carbocycles. The number of carbonyl (C=O) groups excluding carboxylic acids is 1. The van der Waals surface area contributed by atoms with E-state index in [2.05, 4.69) is 0 Å². The summed E-state index contributed by atoms with van der Waals surface area (Å²) >= 11 is 0. The Morgan fingerprint density at radius 3 is 2.58 bits per heavy atom. The van der Waals surface area contributed by atoms with Crippen molar-refractivity contribution in [3.8, 4) is 5.75 Å². The molecule has 0 spiro atoms. The minimum Gasteiger partial charge on any atom is -0.484 e. The van der Waals surface area contributed by atoms with Gasteiger partial charge in [-0.25, -0.2) is 0 Å². The monoisotopic (exact) mass is 264 g/mol. The van der Waals surface area contributed by atoms with Crippen LogP contribution in [0.5, 0.6) is 5.75 Å². The molecule has 1 aliphatic heterocycles. The van der Waals surface area contributed by atoms with Crippen LogP contribution in [0.3, 0.4) is 0 Å². The van der Waals surface area contributed by atoms with Crippen molar-refractivity contribution in [2.75, 3.05) is 39.5 Å². The average Bonchev–Trinajstić information content (AvgIpc) is 2.47. The van der Waals surface area contributed by atoms with Crippen molar-refractivity contribution in [1.29, 1.82) is 0 Å². The number of hydrogen-bond donors (Lipinski definition) is 1. The van der Waals surface area contributed by atoms with Crippen LogP contribution in [0.1, 0.15) is 5.56 Å². The van der Waals surface area contributed by atoms with Crippen LogP contribution in [0.15, 0.2) is 24.3 Å². The molecule has 0 bridgehead atoms. The van der Waals surface area contributed by atoms with Gasteiger partial charge in [-0.15, -0.1) is 0 Å². The van der Waals surface area contributed by atoms with Crippen molar-refractivity contribution in [3.63, 3.8) is 0 Å². The number of nitrogens with two attached hydrogens (primary N) is 1. The fourth-order valence-electron chi connectivity index (χ4n) is 1.97. The van der Waals surface area contributed by atoms with Crippen LogP contribution in [-0.4, -0.2) is 50.3 Å². The molecule has 2 rings (SSSR count). The number of morpholine rings is 1. The number of hydrogen-bond acceptors (Lipinski definition) is 4. The molecule has 1 aliphatic rings. The molecule has 1 amide bonds. The first kappa shape index (κ1) is 13.8. The molecule has 5 nitrogen and oxygen atoms in total. The second-order valence-corrected chi connectivity index (χ2v) is 4.46. The quantitative estimate of drug-likeness (QED) is 0.837. The van der Waals surface area contributed by atoms with Gasteiger partial charge in [-0.1, -0.05) is 12.1 Å². The number of ether oxygens (including phenoxy) is 2. The highest BCUT2D eigenvalue weighted by Gasteiger charge is 2.16. The Bertz CT molecular complexity index is 400. The maximum Gasteiger partial charge on any atom is 0.260 e. The van der Waals surface area contributed by atoms with E-state index in [1.54, 1.807) is 4.90 Å². The van der Waals surface area contributed by atoms with Crippen LogP contribution >= 0.6 is 0 Å². The number of amides is 1. The van der Waals surface area contributed by atoms with E-state index in [0.29, 0.717) is 38.6 Å². The minimum absolute atomic E-state index is 0.00864. The Morgan fingerprint density at radius 1 is 1.26 bits per heavy atom. The first-order valence-corrected chi connectivity index (χ1v) is 6.57. The first-order valence-electron chi connectivity index (χ1n) is 6.57. The smallest absolute Gasteiger partial charge is 0.260 e. The molecule has 1 saturated heterocycles. The number of benzene rings is 1. The molecule has 2 N–H and O–H groups in total. The predicted molar refractivity (Wildman–Crippen MR) is 72.1 cm³/mol. The summed E-state index contributed by atoms with van der Waals surface area (Å²) < 4.78 is 10.7. The van der Waals surface area contributed by atoms with Gasteiger partial charge in [0.2, 0.25) is 0 Å². The molecule has 0 unspecified atom stereocenters. The summed E-state index contributed by atoms with van der Waals surface area (Å²) in [6.45, 7) is 3.24. The summed E-state index contributed by atoms with van der Waals surface area (Å²) in [5.41, 5.74) is 6.66. The van der Waals surface area contributed by atoms with Gasteiger partial charge in [-0.2, -0.15) is 0 Å². The summed E-state index contributed by atoms with van der Waals surface area (Å²) in [5, 5.41) is 0. The normalized spacial score (nSPS) is 15.3. The van der Waals surface area contributed by atoms with Crippen molar-refractivity contribution < 1.29 is 14.3 Å². The van der Waals surface area contributed by atoms with Gasteiger partial charge in [0.25, 0.3) is 5.91 Å². The second kappa shape index (κ2) is 7.11. The van der Waals surface area contributed by atoms with E-state index in [4.69, 9.17) is 15.2 Å². The molecule has 0 saturated carbocycles. The van der Waals surface area contributed by atoms with Crippen LogP contribution in [0.2, 0.25) is 0 Å². The Balaban J connectivity index is 1.79. The molecule has 1 fully saturated rings. The van der Waals surface area contributed by atoms with Crippen LogP contribution < -0.4 is 10.5 Å². The molecule has 5 heteroatoms. The van der Waals surface area contributed by atoms with Gasteiger partial charge < -0.3 is 20.1 Å². The summed E-state index contributed by atoms with van der Waals surface area (Å²) in [5.74, 6) is 0.719. The van der Waals surface area contributed by atoms with Crippen molar-refractivity contribution in [1.82, 2.24) is 4.90 Å². The molecular weight excluding hydrogens is 244 g/mol. The zero-order valence-corrected chi connectivity index (χ0v) is 11.0. The third-order valence-corrected chi connectivity index (χ3v) is 3.08. The third kappa shape index (κ3) is 4.22. The van der Waals surface area contributed by atoms with E-state index in [0.717, 1.165) is 6.42 Å². The lowest BCUT2D eigenvalue weighted by atomic mass is 10.1. The Hall–Kier alpha value is -1.59. The Kier molecular flexibility index (Phi) is 5.18. The van der Waals surface area contributed by atoms with Gasteiger partial charge in [0.15, 0.2) is 6.61 Å². The first-order chi connectivity index (χ1) is 9.29. The number of rotatable bonds is 5. The van der Waals surface area contributed by atoms with Gasteiger partial charge in [0, 0.05) is 13.1 Å². The van der Waals surface area contributed by atoms with E-state index in [1.165, 1.54) is 5.56 Å². The SMILES string of the molecule is NCCc1ccc(OCC(=O)N2CCOCC2)cc1. The Morgan fingerprint density at radius 2 is 1.95 bits per heavy atom. The molecule has 0 aromatic heterocycles. The summed E-state index contributed by atoms with van der Waals surface area (Å²) in [7, 11) is 0. The van der Waals surface area contributed by atoms with Gasteiger partial charge in [0.05, 0.1) is 13.2 Å². The predicted octanol–water partition coefficient (Wildman–Crippen LogP) is 0.425. The molecule has 1 heterocycles. The zero-order valence-electron chi connectivity index (χ0n) is 11.0. The molecule has 19 heavy (non-hydrogen) atoms. The van der Waals surface area contributed by atoms with Crippen molar-refractivity contribution >= 4 is 5.91 Å². The van der Waals surface area contributed by atoms with E-state index in [-0.39, 0.29) is 12.5 Å². The molecule has 104 valence electrons. The lowest BCUT2D eigenvalue weighted by Crippen LogP contribution is -2.42. The standard InChI is InChI=1S/C14H20N2O3/c15-6-5-12-1-3-13(4-2-12)19-11-14(17)16-7-9-18-10-8-16/h1-4H,5-11,15H2. The lowest BCUT2D eigenvalue weighted by molar-refractivity contribution is -0.137. The molecular formula is C14H20N2O3. The highest BCUT2D eigenvalue weighted by molar-refractivity contribution is 5.77. The summed E-state index contributed by atoms with van der Waals surface area (Å²) in [4.78, 5) is 13.6. The van der Waals surface area contributed by atoms with Crippen LogP contribution in [0.4, 0.5) is 0 Å². The van der Waals surface area contributed by atoms with Crippen molar-refractivity contribution in [2.24, 2.45) is 5.73 Å². The minimum atomic E-state index is 0.00864. The number of nitrogens with zero attached hydrogens (tertiary/aromatic N) is 1. The van der Waals surface area contributed by atoms with E-state index < -0.39 is 0 Å². The molecule has 1 aromatic carbocycles. The zero-order chi connectivity index (χ0) is 13.5. The molecule has 0 radical (unpaired) electrons.